The van der Waals surface area contributed by atoms with Gasteiger partial charge in [0.1, 0.15) is 5.75 Å². The topological polar surface area (TPSA) is 33.0 Å². The summed E-state index contributed by atoms with van der Waals surface area (Å²) in [5.41, 5.74) is 0.651. The number of nitriles is 1. The summed E-state index contributed by atoms with van der Waals surface area (Å²) >= 11 is 3.46. The molecule has 0 heterocycles. The van der Waals surface area contributed by atoms with E-state index in [1.54, 1.807) is 13.2 Å². The minimum Gasteiger partial charge on any atom is -0.496 e. The molecule has 3 heteroatoms. The van der Waals surface area contributed by atoms with E-state index in [4.69, 9.17) is 10.00 Å². The molecule has 2 rings (SSSR count). The van der Waals surface area contributed by atoms with E-state index in [1.807, 2.05) is 24.3 Å². The second-order valence-electron chi connectivity index (χ2n) is 3.10. The van der Waals surface area contributed by atoms with Crippen LogP contribution in [0.2, 0.25) is 0 Å². The van der Waals surface area contributed by atoms with Gasteiger partial charge in [-0.25, -0.2) is 0 Å². The molecule has 0 unspecified atom stereocenters. The summed E-state index contributed by atoms with van der Waals surface area (Å²) in [4.78, 5) is 0. The number of hydrogen-bond acceptors (Lipinski definition) is 2. The third-order valence-corrected chi connectivity index (χ3v) is 3.07. The average Bonchev–Trinajstić information content (AvgIpc) is 2.29. The molecule has 0 amide bonds. The highest BCUT2D eigenvalue weighted by Crippen LogP contribution is 2.34. The summed E-state index contributed by atoms with van der Waals surface area (Å²) in [7, 11) is 1.61. The lowest BCUT2D eigenvalue weighted by Crippen LogP contribution is -1.87. The SMILES string of the molecule is COc1ccc2cccc(C#N)c2c1Br. The molecule has 2 aromatic carbocycles. The number of nitrogens with zero attached hydrogens (tertiary/aromatic N) is 1. The molecule has 74 valence electrons. The molecular formula is C12H8BrNO. The van der Waals surface area contributed by atoms with Crippen LogP contribution in [-0.2, 0) is 0 Å². The maximum Gasteiger partial charge on any atom is 0.133 e. The zero-order valence-corrected chi connectivity index (χ0v) is 9.71. The third kappa shape index (κ3) is 1.57. The van der Waals surface area contributed by atoms with Crippen LogP contribution in [0.1, 0.15) is 5.56 Å². The molecule has 0 spiro atoms. The Hall–Kier alpha value is -1.53. The summed E-state index contributed by atoms with van der Waals surface area (Å²) in [6.45, 7) is 0. The predicted octanol–water partition coefficient (Wildman–Crippen LogP) is 3.48. The van der Waals surface area contributed by atoms with E-state index in [2.05, 4.69) is 22.0 Å². The van der Waals surface area contributed by atoms with Crippen molar-refractivity contribution in [1.29, 1.82) is 5.26 Å². The van der Waals surface area contributed by atoms with Gasteiger partial charge in [-0.1, -0.05) is 18.2 Å². The minimum atomic E-state index is 0.651. The molecule has 0 aliphatic carbocycles. The molecule has 0 aliphatic heterocycles. The molecule has 0 saturated heterocycles. The van der Waals surface area contributed by atoms with Crippen molar-refractivity contribution in [2.75, 3.05) is 7.11 Å². The number of benzene rings is 2. The summed E-state index contributed by atoms with van der Waals surface area (Å²) in [6, 6.07) is 11.6. The molecule has 0 aromatic heterocycles. The van der Waals surface area contributed by atoms with Gasteiger partial charge < -0.3 is 4.74 Å². The zero-order chi connectivity index (χ0) is 10.8. The number of methoxy groups -OCH3 is 1. The first-order valence-electron chi connectivity index (χ1n) is 4.43. The number of rotatable bonds is 1. The molecule has 2 nitrogen and oxygen atoms in total. The van der Waals surface area contributed by atoms with E-state index < -0.39 is 0 Å². The van der Waals surface area contributed by atoms with Crippen molar-refractivity contribution in [3.8, 4) is 11.8 Å². The van der Waals surface area contributed by atoms with E-state index in [-0.39, 0.29) is 0 Å². The van der Waals surface area contributed by atoms with Gasteiger partial charge in [0, 0.05) is 5.39 Å². The van der Waals surface area contributed by atoms with Crippen molar-refractivity contribution in [3.05, 3.63) is 40.4 Å². The smallest absolute Gasteiger partial charge is 0.133 e. The molecule has 0 aliphatic rings. The van der Waals surface area contributed by atoms with Crippen LogP contribution in [-0.4, -0.2) is 7.11 Å². The number of hydrogen-bond donors (Lipinski definition) is 0. The standard InChI is InChI=1S/C12H8BrNO/c1-15-10-6-5-8-3-2-4-9(7-14)11(8)12(10)13/h2-6H,1H3. The number of ether oxygens (including phenoxy) is 1. The second-order valence-corrected chi connectivity index (χ2v) is 3.89. The summed E-state index contributed by atoms with van der Waals surface area (Å²) in [5.74, 6) is 0.741. The van der Waals surface area contributed by atoms with Gasteiger partial charge in [0.2, 0.25) is 0 Å². The lowest BCUT2D eigenvalue weighted by Gasteiger charge is -2.07. The Morgan fingerprint density at radius 2 is 2.07 bits per heavy atom. The Balaban J connectivity index is 2.90. The van der Waals surface area contributed by atoms with Gasteiger partial charge in [-0.3, -0.25) is 0 Å². The van der Waals surface area contributed by atoms with Crippen LogP contribution in [0.25, 0.3) is 10.8 Å². The van der Waals surface area contributed by atoms with E-state index in [0.717, 1.165) is 21.0 Å². The zero-order valence-electron chi connectivity index (χ0n) is 8.12. The van der Waals surface area contributed by atoms with Crippen LogP contribution >= 0.6 is 15.9 Å². The van der Waals surface area contributed by atoms with Crippen molar-refractivity contribution in [2.24, 2.45) is 0 Å². The molecule has 0 fully saturated rings. The quantitative estimate of drug-likeness (QED) is 0.788. The van der Waals surface area contributed by atoms with Crippen molar-refractivity contribution in [2.45, 2.75) is 0 Å². The fourth-order valence-corrected chi connectivity index (χ4v) is 2.30. The maximum absolute atomic E-state index is 9.01. The van der Waals surface area contributed by atoms with Gasteiger partial charge in [-0.05, 0) is 33.4 Å². The van der Waals surface area contributed by atoms with E-state index in [9.17, 15) is 0 Å². The predicted molar refractivity (Wildman–Crippen MR) is 62.9 cm³/mol. The monoisotopic (exact) mass is 261 g/mol. The van der Waals surface area contributed by atoms with Crippen LogP contribution in [0.5, 0.6) is 5.75 Å². The highest BCUT2D eigenvalue weighted by atomic mass is 79.9. The van der Waals surface area contributed by atoms with Gasteiger partial charge in [0.05, 0.1) is 23.2 Å². The molecule has 15 heavy (non-hydrogen) atoms. The first kappa shape index (κ1) is 10.0. The Bertz CT molecular complexity index is 557. The molecular weight excluding hydrogens is 254 g/mol. The Kier molecular flexibility index (Phi) is 2.61. The molecule has 0 atom stereocenters. The summed E-state index contributed by atoms with van der Waals surface area (Å²) in [6.07, 6.45) is 0. The average molecular weight is 262 g/mol. The number of halogens is 1. The second kappa shape index (κ2) is 3.92. The fourth-order valence-electron chi connectivity index (χ4n) is 1.57. The van der Waals surface area contributed by atoms with Gasteiger partial charge in [0.15, 0.2) is 0 Å². The minimum absolute atomic E-state index is 0.651. The molecule has 0 radical (unpaired) electrons. The first-order valence-corrected chi connectivity index (χ1v) is 5.22. The van der Waals surface area contributed by atoms with Crippen LogP contribution in [0.3, 0.4) is 0 Å². The van der Waals surface area contributed by atoms with Crippen LogP contribution in [0, 0.1) is 11.3 Å². The van der Waals surface area contributed by atoms with Crippen LogP contribution in [0.4, 0.5) is 0 Å². The Morgan fingerprint density at radius 1 is 1.27 bits per heavy atom. The summed E-state index contributed by atoms with van der Waals surface area (Å²) < 4.78 is 6.03. The van der Waals surface area contributed by atoms with Crippen LogP contribution < -0.4 is 4.74 Å². The maximum atomic E-state index is 9.01. The first-order chi connectivity index (χ1) is 7.27. The van der Waals surface area contributed by atoms with Gasteiger partial charge in [-0.15, -0.1) is 0 Å². The lowest BCUT2D eigenvalue weighted by atomic mass is 10.1. The lowest BCUT2D eigenvalue weighted by molar-refractivity contribution is 0.413. The highest BCUT2D eigenvalue weighted by Gasteiger charge is 2.08. The van der Waals surface area contributed by atoms with Crippen LogP contribution in [0.15, 0.2) is 34.8 Å². The molecule has 0 saturated carbocycles. The van der Waals surface area contributed by atoms with Gasteiger partial charge in [-0.2, -0.15) is 5.26 Å². The molecule has 0 bridgehead atoms. The summed E-state index contributed by atoms with van der Waals surface area (Å²) in [5, 5.41) is 10.9. The van der Waals surface area contributed by atoms with Crippen molar-refractivity contribution >= 4 is 26.7 Å². The van der Waals surface area contributed by atoms with Crippen molar-refractivity contribution in [1.82, 2.24) is 0 Å². The van der Waals surface area contributed by atoms with Crippen molar-refractivity contribution in [3.63, 3.8) is 0 Å². The third-order valence-electron chi connectivity index (χ3n) is 2.29. The van der Waals surface area contributed by atoms with E-state index in [1.165, 1.54) is 0 Å². The van der Waals surface area contributed by atoms with Gasteiger partial charge >= 0.3 is 0 Å². The highest BCUT2D eigenvalue weighted by molar-refractivity contribution is 9.10. The Morgan fingerprint density at radius 3 is 2.73 bits per heavy atom. The number of fused-ring (bicyclic) bond motifs is 1. The molecule has 0 N–H and O–H groups in total. The Labute approximate surface area is 96.2 Å². The van der Waals surface area contributed by atoms with Crippen molar-refractivity contribution < 1.29 is 4.74 Å². The fraction of sp³-hybridized carbons (Fsp3) is 0.0833. The largest absolute Gasteiger partial charge is 0.496 e. The molecule has 2 aromatic rings. The van der Waals surface area contributed by atoms with E-state index in [0.29, 0.717) is 5.56 Å². The van der Waals surface area contributed by atoms with Gasteiger partial charge in [0.25, 0.3) is 0 Å². The normalized spacial score (nSPS) is 9.93. The van der Waals surface area contributed by atoms with E-state index >= 15 is 0 Å².